The Balaban J connectivity index is 2.35. The lowest BCUT2D eigenvalue weighted by Gasteiger charge is -2.27. The van der Waals surface area contributed by atoms with Crippen LogP contribution in [0.25, 0.3) is 5.57 Å². The van der Waals surface area contributed by atoms with Crippen molar-refractivity contribution in [2.24, 2.45) is 5.92 Å². The van der Waals surface area contributed by atoms with Crippen LogP contribution in [0.2, 0.25) is 0 Å². The van der Waals surface area contributed by atoms with Gasteiger partial charge in [0.25, 0.3) is 5.91 Å². The van der Waals surface area contributed by atoms with E-state index in [1.54, 1.807) is 12.0 Å². The SMILES string of the molecule is COCCN1C(=O)C(c2cccs2)=C(O)C1C(C)C. The highest BCUT2D eigenvalue weighted by Crippen LogP contribution is 2.36. The lowest BCUT2D eigenvalue weighted by Crippen LogP contribution is -2.41. The molecule has 0 saturated carbocycles. The molecule has 0 bridgehead atoms. The van der Waals surface area contributed by atoms with E-state index in [2.05, 4.69) is 0 Å². The van der Waals surface area contributed by atoms with Gasteiger partial charge in [0.1, 0.15) is 5.76 Å². The average Bonchev–Trinajstić information content (AvgIpc) is 2.93. The van der Waals surface area contributed by atoms with Crippen molar-refractivity contribution in [1.29, 1.82) is 0 Å². The number of hydrogen-bond acceptors (Lipinski definition) is 4. The predicted octanol–water partition coefficient (Wildman–Crippen LogP) is 2.53. The van der Waals surface area contributed by atoms with E-state index in [0.717, 1.165) is 4.88 Å². The molecular formula is C14H19NO3S. The quantitative estimate of drug-likeness (QED) is 0.902. The molecule has 2 heterocycles. The van der Waals surface area contributed by atoms with Crippen molar-refractivity contribution < 1.29 is 14.6 Å². The van der Waals surface area contributed by atoms with Crippen LogP contribution in [0.15, 0.2) is 23.3 Å². The van der Waals surface area contributed by atoms with Crippen LogP contribution in [0, 0.1) is 5.92 Å². The van der Waals surface area contributed by atoms with Gasteiger partial charge in [-0.2, -0.15) is 0 Å². The second kappa shape index (κ2) is 5.75. The minimum absolute atomic E-state index is 0.101. The second-order valence-electron chi connectivity index (χ2n) is 4.92. The van der Waals surface area contributed by atoms with Gasteiger partial charge in [-0.15, -0.1) is 11.3 Å². The van der Waals surface area contributed by atoms with Gasteiger partial charge in [-0.1, -0.05) is 19.9 Å². The van der Waals surface area contributed by atoms with Crippen LogP contribution >= 0.6 is 11.3 Å². The highest BCUT2D eigenvalue weighted by Gasteiger charge is 2.41. The number of carbonyl (C=O) groups excluding carboxylic acids is 1. The number of methoxy groups -OCH3 is 1. The Hall–Kier alpha value is -1.33. The summed E-state index contributed by atoms with van der Waals surface area (Å²) in [5.74, 6) is 0.257. The molecule has 5 heteroatoms. The van der Waals surface area contributed by atoms with Gasteiger partial charge in [0, 0.05) is 18.5 Å². The highest BCUT2D eigenvalue weighted by molar-refractivity contribution is 7.11. The van der Waals surface area contributed by atoms with Crippen molar-refractivity contribution in [3.05, 3.63) is 28.1 Å². The Morgan fingerprint density at radius 3 is 2.79 bits per heavy atom. The monoisotopic (exact) mass is 281 g/mol. The molecule has 1 aliphatic heterocycles. The molecule has 2 rings (SSSR count). The molecule has 1 atom stereocenters. The number of nitrogens with zero attached hydrogens (tertiary/aromatic N) is 1. The van der Waals surface area contributed by atoms with Gasteiger partial charge in [0.05, 0.1) is 18.2 Å². The molecule has 1 amide bonds. The summed E-state index contributed by atoms with van der Waals surface area (Å²) >= 11 is 1.47. The lowest BCUT2D eigenvalue weighted by molar-refractivity contribution is -0.126. The Morgan fingerprint density at radius 1 is 1.53 bits per heavy atom. The van der Waals surface area contributed by atoms with E-state index >= 15 is 0 Å². The maximum Gasteiger partial charge on any atom is 0.259 e. The first-order valence-electron chi connectivity index (χ1n) is 6.34. The minimum atomic E-state index is -0.250. The van der Waals surface area contributed by atoms with E-state index in [1.807, 2.05) is 31.4 Å². The molecular weight excluding hydrogens is 262 g/mol. The summed E-state index contributed by atoms with van der Waals surface area (Å²) in [6.45, 7) is 4.98. The molecule has 1 aromatic heterocycles. The number of hydrogen-bond donors (Lipinski definition) is 1. The van der Waals surface area contributed by atoms with E-state index < -0.39 is 0 Å². The van der Waals surface area contributed by atoms with Gasteiger partial charge in [0.15, 0.2) is 0 Å². The zero-order chi connectivity index (χ0) is 14.0. The fraction of sp³-hybridized carbons (Fsp3) is 0.500. The number of carbonyl (C=O) groups is 1. The van der Waals surface area contributed by atoms with E-state index in [-0.39, 0.29) is 23.6 Å². The molecule has 0 aliphatic carbocycles. The Bertz CT molecular complexity index is 479. The van der Waals surface area contributed by atoms with Crippen molar-refractivity contribution in [1.82, 2.24) is 4.90 Å². The van der Waals surface area contributed by atoms with Crippen molar-refractivity contribution in [2.45, 2.75) is 19.9 Å². The molecule has 0 saturated heterocycles. The lowest BCUT2D eigenvalue weighted by atomic mass is 10.0. The van der Waals surface area contributed by atoms with Gasteiger partial charge in [-0.05, 0) is 17.4 Å². The molecule has 104 valence electrons. The van der Waals surface area contributed by atoms with Gasteiger partial charge < -0.3 is 14.7 Å². The van der Waals surface area contributed by atoms with Crippen molar-refractivity contribution >= 4 is 22.8 Å². The Labute approximate surface area is 117 Å². The maximum absolute atomic E-state index is 12.5. The smallest absolute Gasteiger partial charge is 0.259 e. The molecule has 0 fully saturated rings. The molecule has 1 aliphatic rings. The van der Waals surface area contributed by atoms with Crippen LogP contribution in [0.3, 0.4) is 0 Å². The third-order valence-electron chi connectivity index (χ3n) is 3.28. The number of ether oxygens (including phenoxy) is 1. The van der Waals surface area contributed by atoms with E-state index in [1.165, 1.54) is 11.3 Å². The highest BCUT2D eigenvalue weighted by atomic mass is 32.1. The Kier molecular flexibility index (Phi) is 4.27. The Morgan fingerprint density at radius 2 is 2.26 bits per heavy atom. The standard InChI is InChI=1S/C14H19NO3S/c1-9(2)12-13(16)11(10-5-4-8-19-10)14(17)15(12)6-7-18-3/h4-5,8-9,12,16H,6-7H2,1-3H3. The van der Waals surface area contributed by atoms with E-state index in [0.29, 0.717) is 18.7 Å². The van der Waals surface area contributed by atoms with E-state index in [4.69, 9.17) is 4.74 Å². The van der Waals surface area contributed by atoms with Gasteiger partial charge in [-0.25, -0.2) is 0 Å². The zero-order valence-electron chi connectivity index (χ0n) is 11.4. The van der Waals surface area contributed by atoms with Crippen LogP contribution in [-0.2, 0) is 9.53 Å². The van der Waals surface area contributed by atoms with Gasteiger partial charge in [-0.3, -0.25) is 4.79 Å². The number of aliphatic hydroxyl groups excluding tert-OH is 1. The largest absolute Gasteiger partial charge is 0.509 e. The van der Waals surface area contributed by atoms with Crippen LogP contribution < -0.4 is 0 Å². The second-order valence-corrected chi connectivity index (χ2v) is 5.87. The number of aliphatic hydroxyl groups is 1. The summed E-state index contributed by atoms with van der Waals surface area (Å²) in [6.07, 6.45) is 0. The summed E-state index contributed by atoms with van der Waals surface area (Å²) in [6, 6.07) is 3.50. The summed E-state index contributed by atoms with van der Waals surface area (Å²) in [4.78, 5) is 15.0. The van der Waals surface area contributed by atoms with Crippen LogP contribution in [0.4, 0.5) is 0 Å². The first-order valence-corrected chi connectivity index (χ1v) is 7.22. The molecule has 1 N–H and O–H groups in total. The van der Waals surface area contributed by atoms with Crippen molar-refractivity contribution in [2.75, 3.05) is 20.3 Å². The molecule has 1 aromatic rings. The van der Waals surface area contributed by atoms with E-state index in [9.17, 15) is 9.90 Å². The topological polar surface area (TPSA) is 49.8 Å². The molecule has 1 unspecified atom stereocenters. The van der Waals surface area contributed by atoms with Crippen LogP contribution in [-0.4, -0.2) is 42.2 Å². The summed E-state index contributed by atoms with van der Waals surface area (Å²) in [5.41, 5.74) is 0.449. The fourth-order valence-corrected chi connectivity index (χ4v) is 3.20. The maximum atomic E-state index is 12.5. The minimum Gasteiger partial charge on any atom is -0.509 e. The third kappa shape index (κ3) is 2.53. The summed E-state index contributed by atoms with van der Waals surface area (Å²) in [7, 11) is 1.61. The van der Waals surface area contributed by atoms with Crippen molar-refractivity contribution in [3.8, 4) is 0 Å². The number of thiophene rings is 1. The third-order valence-corrected chi connectivity index (χ3v) is 4.17. The predicted molar refractivity (Wildman–Crippen MR) is 76.1 cm³/mol. The molecule has 0 radical (unpaired) electrons. The first-order chi connectivity index (χ1) is 9.07. The molecule has 0 aromatic carbocycles. The fourth-order valence-electron chi connectivity index (χ4n) is 2.43. The van der Waals surface area contributed by atoms with Crippen molar-refractivity contribution in [3.63, 3.8) is 0 Å². The molecule has 4 nitrogen and oxygen atoms in total. The normalized spacial score (nSPS) is 19.9. The van der Waals surface area contributed by atoms with Crippen LogP contribution in [0.1, 0.15) is 18.7 Å². The molecule has 19 heavy (non-hydrogen) atoms. The average molecular weight is 281 g/mol. The summed E-state index contributed by atoms with van der Waals surface area (Å²) in [5, 5.41) is 12.3. The van der Waals surface area contributed by atoms with Gasteiger partial charge in [0.2, 0.25) is 0 Å². The van der Waals surface area contributed by atoms with Gasteiger partial charge >= 0.3 is 0 Å². The van der Waals surface area contributed by atoms with Crippen LogP contribution in [0.5, 0.6) is 0 Å². The number of rotatable bonds is 5. The summed E-state index contributed by atoms with van der Waals surface area (Å²) < 4.78 is 5.05. The molecule has 0 spiro atoms. The first kappa shape index (κ1) is 14.1. The number of amides is 1. The zero-order valence-corrected chi connectivity index (χ0v) is 12.2.